The van der Waals surface area contributed by atoms with Crippen molar-refractivity contribution in [3.63, 3.8) is 0 Å². The van der Waals surface area contributed by atoms with Gasteiger partial charge in [0.1, 0.15) is 11.9 Å². The van der Waals surface area contributed by atoms with Gasteiger partial charge in [-0.25, -0.2) is 9.59 Å². The molecule has 0 N–H and O–H groups in total. The van der Waals surface area contributed by atoms with Gasteiger partial charge in [0, 0.05) is 30.1 Å². The molecule has 0 aliphatic rings. The van der Waals surface area contributed by atoms with E-state index >= 15 is 0 Å². The lowest BCUT2D eigenvalue weighted by atomic mass is 9.88. The minimum Gasteiger partial charge on any atom is -0.466 e. The standard InChI is InChI=1S/C25H24O7/c1-17(27)32-23(19-13-8-5-9-14-19)22(25(29)31-3)21(18-11-6-4-7-12-18)20(15-10-16-26)24(28)30-2/h4-9,11-14,16H,10,15H2,1-3H3/b21-20+,23-22-. The Bertz CT molecular complexity index is 1030. The molecule has 0 aromatic heterocycles. The largest absolute Gasteiger partial charge is 0.466 e. The van der Waals surface area contributed by atoms with Crippen LogP contribution in [0.15, 0.2) is 71.8 Å². The molecule has 0 unspecified atom stereocenters. The molecule has 0 saturated heterocycles. The molecule has 7 heteroatoms. The van der Waals surface area contributed by atoms with Crippen LogP contribution in [-0.2, 0) is 33.4 Å². The number of rotatable bonds is 9. The fourth-order valence-corrected chi connectivity index (χ4v) is 3.13. The van der Waals surface area contributed by atoms with Crippen molar-refractivity contribution in [2.45, 2.75) is 19.8 Å². The Kier molecular flexibility index (Phi) is 9.10. The van der Waals surface area contributed by atoms with Crippen LogP contribution in [0.1, 0.15) is 30.9 Å². The van der Waals surface area contributed by atoms with Crippen LogP contribution in [0.25, 0.3) is 11.3 Å². The second-order valence-corrected chi connectivity index (χ2v) is 6.57. The normalized spacial score (nSPS) is 12.1. The van der Waals surface area contributed by atoms with E-state index in [4.69, 9.17) is 14.2 Å². The maximum atomic E-state index is 13.1. The average Bonchev–Trinajstić information content (AvgIpc) is 2.82. The molecule has 2 aromatic carbocycles. The van der Waals surface area contributed by atoms with Gasteiger partial charge in [0.05, 0.1) is 14.2 Å². The molecule has 2 rings (SSSR count). The van der Waals surface area contributed by atoms with Crippen LogP contribution < -0.4 is 0 Å². The van der Waals surface area contributed by atoms with Gasteiger partial charge in [-0.15, -0.1) is 0 Å². The maximum absolute atomic E-state index is 13.1. The van der Waals surface area contributed by atoms with E-state index < -0.39 is 17.9 Å². The number of carbonyl (C=O) groups is 4. The molecule has 0 amide bonds. The highest BCUT2D eigenvalue weighted by atomic mass is 16.5. The van der Waals surface area contributed by atoms with Crippen LogP contribution in [0.4, 0.5) is 0 Å². The number of hydrogen-bond acceptors (Lipinski definition) is 7. The fraction of sp³-hybridized carbons (Fsp3) is 0.200. The molecule has 0 radical (unpaired) electrons. The first-order valence-corrected chi connectivity index (χ1v) is 9.81. The molecule has 0 saturated carbocycles. The van der Waals surface area contributed by atoms with E-state index in [-0.39, 0.29) is 35.3 Å². The zero-order chi connectivity index (χ0) is 23.5. The molecular weight excluding hydrogens is 412 g/mol. The summed E-state index contributed by atoms with van der Waals surface area (Å²) in [6.07, 6.45) is 0.684. The predicted octanol–water partition coefficient (Wildman–Crippen LogP) is 3.74. The number of aldehydes is 1. The van der Waals surface area contributed by atoms with E-state index in [1.165, 1.54) is 21.1 Å². The van der Waals surface area contributed by atoms with Crippen molar-refractivity contribution < 1.29 is 33.4 Å². The Hall–Kier alpha value is -4.00. The minimum atomic E-state index is -0.823. The average molecular weight is 436 g/mol. The lowest BCUT2D eigenvalue weighted by molar-refractivity contribution is -0.136. The van der Waals surface area contributed by atoms with Crippen LogP contribution in [0, 0.1) is 0 Å². The van der Waals surface area contributed by atoms with Crippen LogP contribution in [-0.4, -0.2) is 38.4 Å². The Labute approximate surface area is 186 Å². The number of hydrogen-bond donors (Lipinski definition) is 0. The summed E-state index contributed by atoms with van der Waals surface area (Å²) in [6, 6.07) is 17.1. The van der Waals surface area contributed by atoms with Crippen molar-refractivity contribution in [3.05, 3.63) is 82.9 Å². The van der Waals surface area contributed by atoms with E-state index in [1.54, 1.807) is 60.7 Å². The van der Waals surface area contributed by atoms with E-state index in [2.05, 4.69) is 0 Å². The first kappa shape index (κ1) is 24.3. The molecule has 0 heterocycles. The summed E-state index contributed by atoms with van der Waals surface area (Å²) in [4.78, 5) is 48.9. The van der Waals surface area contributed by atoms with Crippen molar-refractivity contribution in [1.29, 1.82) is 0 Å². The third-order valence-corrected chi connectivity index (χ3v) is 4.46. The van der Waals surface area contributed by atoms with E-state index in [0.717, 1.165) is 0 Å². The lowest BCUT2D eigenvalue weighted by Gasteiger charge is -2.19. The summed E-state index contributed by atoms with van der Waals surface area (Å²) >= 11 is 0. The number of benzene rings is 2. The summed E-state index contributed by atoms with van der Waals surface area (Å²) < 4.78 is 15.4. The summed E-state index contributed by atoms with van der Waals surface area (Å²) in [5.41, 5.74) is 1.01. The van der Waals surface area contributed by atoms with Crippen LogP contribution >= 0.6 is 0 Å². The highest BCUT2D eigenvalue weighted by Gasteiger charge is 2.30. The first-order valence-electron chi connectivity index (χ1n) is 9.81. The van der Waals surface area contributed by atoms with Gasteiger partial charge in [-0.1, -0.05) is 60.7 Å². The van der Waals surface area contributed by atoms with Crippen molar-refractivity contribution in [2.24, 2.45) is 0 Å². The number of carbonyl (C=O) groups excluding carboxylic acids is 4. The monoisotopic (exact) mass is 436 g/mol. The first-order chi connectivity index (χ1) is 15.4. The molecular formula is C25H24O7. The highest BCUT2D eigenvalue weighted by Crippen LogP contribution is 2.36. The molecule has 0 bridgehead atoms. The predicted molar refractivity (Wildman–Crippen MR) is 118 cm³/mol. The number of methoxy groups -OCH3 is 2. The molecule has 32 heavy (non-hydrogen) atoms. The summed E-state index contributed by atoms with van der Waals surface area (Å²) in [5, 5.41) is 0. The Morgan fingerprint density at radius 1 is 0.812 bits per heavy atom. The topological polar surface area (TPSA) is 96.0 Å². The van der Waals surface area contributed by atoms with Gasteiger partial charge in [-0.3, -0.25) is 4.79 Å². The minimum absolute atomic E-state index is 0.00301. The molecule has 0 spiro atoms. The molecule has 0 atom stereocenters. The van der Waals surface area contributed by atoms with Crippen LogP contribution in [0.2, 0.25) is 0 Å². The zero-order valence-electron chi connectivity index (χ0n) is 18.1. The maximum Gasteiger partial charge on any atom is 0.342 e. The summed E-state index contributed by atoms with van der Waals surface area (Å²) in [5.74, 6) is -2.28. The second kappa shape index (κ2) is 12.0. The van der Waals surface area contributed by atoms with Crippen molar-refractivity contribution in [3.8, 4) is 0 Å². The van der Waals surface area contributed by atoms with Gasteiger partial charge in [0.25, 0.3) is 0 Å². The Morgan fingerprint density at radius 2 is 1.34 bits per heavy atom. The molecule has 0 aliphatic carbocycles. The Balaban J connectivity index is 3.05. The smallest absolute Gasteiger partial charge is 0.342 e. The highest BCUT2D eigenvalue weighted by molar-refractivity contribution is 6.17. The van der Waals surface area contributed by atoms with E-state index in [0.29, 0.717) is 17.4 Å². The SMILES string of the molecule is COC(=O)C(=C(\OC(C)=O)c1ccccc1)/C(=C(\CCC=O)C(=O)OC)c1ccccc1. The van der Waals surface area contributed by atoms with Gasteiger partial charge in [0.15, 0.2) is 5.76 Å². The van der Waals surface area contributed by atoms with Crippen LogP contribution in [0.5, 0.6) is 0 Å². The summed E-state index contributed by atoms with van der Waals surface area (Å²) in [7, 11) is 2.39. The fourth-order valence-electron chi connectivity index (χ4n) is 3.13. The number of ether oxygens (including phenoxy) is 3. The van der Waals surface area contributed by atoms with E-state index in [1.807, 2.05) is 0 Å². The molecule has 166 valence electrons. The van der Waals surface area contributed by atoms with Crippen molar-refractivity contribution in [1.82, 2.24) is 0 Å². The van der Waals surface area contributed by atoms with Gasteiger partial charge in [0.2, 0.25) is 0 Å². The second-order valence-electron chi connectivity index (χ2n) is 6.57. The summed E-state index contributed by atoms with van der Waals surface area (Å²) in [6.45, 7) is 1.21. The Morgan fingerprint density at radius 3 is 1.81 bits per heavy atom. The quantitative estimate of drug-likeness (QED) is 0.148. The van der Waals surface area contributed by atoms with Crippen LogP contribution in [0.3, 0.4) is 0 Å². The number of esters is 3. The zero-order valence-corrected chi connectivity index (χ0v) is 18.1. The van der Waals surface area contributed by atoms with Gasteiger partial charge >= 0.3 is 17.9 Å². The lowest BCUT2D eigenvalue weighted by Crippen LogP contribution is -2.17. The van der Waals surface area contributed by atoms with Gasteiger partial charge in [-0.2, -0.15) is 0 Å². The van der Waals surface area contributed by atoms with E-state index in [9.17, 15) is 19.2 Å². The molecule has 0 fully saturated rings. The molecule has 2 aromatic rings. The van der Waals surface area contributed by atoms with Crippen molar-refractivity contribution in [2.75, 3.05) is 14.2 Å². The third-order valence-electron chi connectivity index (χ3n) is 4.46. The van der Waals surface area contributed by atoms with Crippen molar-refractivity contribution >= 4 is 35.5 Å². The van der Waals surface area contributed by atoms with Gasteiger partial charge < -0.3 is 19.0 Å². The molecule has 0 aliphatic heterocycles. The van der Waals surface area contributed by atoms with Gasteiger partial charge in [-0.05, 0) is 12.0 Å². The third kappa shape index (κ3) is 6.01. The molecule has 7 nitrogen and oxygen atoms in total.